The number of carboxylic acids is 1. The van der Waals surface area contributed by atoms with E-state index in [1.54, 1.807) is 11.3 Å². The first-order chi connectivity index (χ1) is 7.16. The van der Waals surface area contributed by atoms with Gasteiger partial charge in [0.2, 0.25) is 0 Å². The zero-order valence-corrected chi connectivity index (χ0v) is 9.04. The van der Waals surface area contributed by atoms with Crippen LogP contribution < -0.4 is 0 Å². The quantitative estimate of drug-likeness (QED) is 0.784. The van der Waals surface area contributed by atoms with E-state index in [2.05, 4.69) is 0 Å². The number of hydrogen-bond donors (Lipinski definition) is 1. The summed E-state index contributed by atoms with van der Waals surface area (Å²) in [6.07, 6.45) is 1.23. The van der Waals surface area contributed by atoms with Crippen LogP contribution in [0.3, 0.4) is 0 Å². The molecule has 0 radical (unpaired) electrons. The maximum absolute atomic E-state index is 10.5. The molecular weight excluding hydrogens is 208 g/mol. The lowest BCUT2D eigenvalue weighted by Crippen LogP contribution is -1.89. The Hall–Kier alpha value is -1.61. The summed E-state index contributed by atoms with van der Waals surface area (Å²) in [5, 5.41) is 11.8. The number of rotatable bonds is 2. The van der Waals surface area contributed by atoms with Gasteiger partial charge in [0, 0.05) is 10.8 Å². The Morgan fingerprint density at radius 2 is 2.20 bits per heavy atom. The minimum absolute atomic E-state index is 0.774. The van der Waals surface area contributed by atoms with Crippen LogP contribution in [0.1, 0.15) is 12.5 Å². The molecule has 1 aromatic carbocycles. The third-order valence-electron chi connectivity index (χ3n) is 2.25. The van der Waals surface area contributed by atoms with Crippen molar-refractivity contribution >= 4 is 33.0 Å². The molecule has 0 spiro atoms. The molecule has 15 heavy (non-hydrogen) atoms. The summed E-state index contributed by atoms with van der Waals surface area (Å²) in [5.41, 5.74) is 1.74. The van der Waals surface area contributed by atoms with Gasteiger partial charge in [-0.3, -0.25) is 0 Å². The topological polar surface area (TPSA) is 37.3 Å². The second-order valence-corrected chi connectivity index (χ2v) is 4.29. The van der Waals surface area contributed by atoms with Crippen LogP contribution in [-0.2, 0) is 4.79 Å². The number of benzene rings is 1. The van der Waals surface area contributed by atoms with Gasteiger partial charge in [-0.25, -0.2) is 4.79 Å². The molecule has 2 aromatic rings. The minimum Gasteiger partial charge on any atom is -0.478 e. The fraction of sp³-hybridized carbons (Fsp3) is 0.0833. The first-order valence-corrected chi connectivity index (χ1v) is 5.43. The van der Waals surface area contributed by atoms with Crippen molar-refractivity contribution in [2.24, 2.45) is 0 Å². The van der Waals surface area contributed by atoms with Gasteiger partial charge in [0.25, 0.3) is 0 Å². The Bertz CT molecular complexity index is 537. The van der Waals surface area contributed by atoms with Crippen molar-refractivity contribution in [3.63, 3.8) is 0 Å². The molecule has 0 saturated carbocycles. The molecule has 0 aliphatic heterocycles. The van der Waals surface area contributed by atoms with Crippen LogP contribution in [-0.4, -0.2) is 11.1 Å². The van der Waals surface area contributed by atoms with Crippen molar-refractivity contribution in [2.45, 2.75) is 6.92 Å². The number of aliphatic carboxylic acids is 1. The van der Waals surface area contributed by atoms with Crippen LogP contribution in [0, 0.1) is 0 Å². The summed E-state index contributed by atoms with van der Waals surface area (Å²) in [6.45, 7) is 1.81. The Labute approximate surface area is 91.5 Å². The van der Waals surface area contributed by atoms with Crippen LogP contribution in [0.5, 0.6) is 0 Å². The number of fused-ring (bicyclic) bond motifs is 1. The van der Waals surface area contributed by atoms with E-state index < -0.39 is 5.97 Å². The number of carboxylic acid groups (broad SMARTS) is 1. The molecule has 0 aliphatic rings. The average Bonchev–Trinajstić information content (AvgIpc) is 2.62. The molecule has 3 heteroatoms. The highest BCUT2D eigenvalue weighted by Gasteiger charge is 2.01. The van der Waals surface area contributed by atoms with Gasteiger partial charge in [-0.15, -0.1) is 11.3 Å². The first kappa shape index (κ1) is 9.93. The second-order valence-electron chi connectivity index (χ2n) is 3.34. The molecular formula is C12H10O2S. The summed E-state index contributed by atoms with van der Waals surface area (Å²) in [7, 11) is 0. The van der Waals surface area contributed by atoms with E-state index in [9.17, 15) is 4.79 Å². The lowest BCUT2D eigenvalue weighted by atomic mass is 10.1. The lowest BCUT2D eigenvalue weighted by Gasteiger charge is -2.00. The third-order valence-corrected chi connectivity index (χ3v) is 3.15. The molecule has 0 amide bonds. The van der Waals surface area contributed by atoms with Crippen molar-refractivity contribution in [1.82, 2.24) is 0 Å². The van der Waals surface area contributed by atoms with Gasteiger partial charge in [0.1, 0.15) is 0 Å². The number of thiophene rings is 1. The highest BCUT2D eigenvalue weighted by molar-refractivity contribution is 7.17. The zero-order valence-electron chi connectivity index (χ0n) is 8.23. The Balaban J connectivity index is 2.48. The van der Waals surface area contributed by atoms with Crippen LogP contribution in [0.25, 0.3) is 15.7 Å². The number of carbonyl (C=O) groups is 1. The fourth-order valence-corrected chi connectivity index (χ4v) is 2.25. The van der Waals surface area contributed by atoms with Crippen molar-refractivity contribution in [3.05, 3.63) is 41.3 Å². The van der Waals surface area contributed by atoms with E-state index in [4.69, 9.17) is 5.11 Å². The molecule has 0 atom stereocenters. The van der Waals surface area contributed by atoms with E-state index in [1.165, 1.54) is 10.8 Å². The molecule has 1 heterocycles. The van der Waals surface area contributed by atoms with Gasteiger partial charge >= 0.3 is 5.97 Å². The van der Waals surface area contributed by atoms with E-state index in [1.807, 2.05) is 36.6 Å². The van der Waals surface area contributed by atoms with Crippen molar-refractivity contribution in [2.75, 3.05) is 0 Å². The highest BCUT2D eigenvalue weighted by atomic mass is 32.1. The van der Waals surface area contributed by atoms with Gasteiger partial charge in [-0.2, -0.15) is 0 Å². The molecule has 1 aromatic heterocycles. The van der Waals surface area contributed by atoms with Crippen LogP contribution in [0.15, 0.2) is 35.7 Å². The van der Waals surface area contributed by atoms with E-state index >= 15 is 0 Å². The normalized spacial score (nSPS) is 11.9. The highest BCUT2D eigenvalue weighted by Crippen LogP contribution is 2.24. The van der Waals surface area contributed by atoms with Gasteiger partial charge in [-0.1, -0.05) is 6.07 Å². The standard InChI is InChI=1S/C12H10O2S/c1-8(6-12(13)14)9-2-3-11-10(7-9)4-5-15-11/h2-7H,1H3,(H,13,14). The Kier molecular flexibility index (Phi) is 2.56. The largest absolute Gasteiger partial charge is 0.478 e. The molecule has 2 rings (SSSR count). The average molecular weight is 218 g/mol. The number of allylic oxidation sites excluding steroid dienone is 1. The summed E-state index contributed by atoms with van der Waals surface area (Å²) < 4.78 is 1.22. The van der Waals surface area contributed by atoms with Gasteiger partial charge in [0.15, 0.2) is 0 Å². The van der Waals surface area contributed by atoms with Crippen LogP contribution in [0.2, 0.25) is 0 Å². The summed E-state index contributed by atoms with van der Waals surface area (Å²) >= 11 is 1.69. The molecule has 76 valence electrons. The van der Waals surface area contributed by atoms with Crippen LogP contribution >= 0.6 is 11.3 Å². The van der Waals surface area contributed by atoms with E-state index in [0.29, 0.717) is 0 Å². The minimum atomic E-state index is -0.905. The third kappa shape index (κ3) is 2.07. The Morgan fingerprint density at radius 3 is 2.93 bits per heavy atom. The zero-order chi connectivity index (χ0) is 10.8. The van der Waals surface area contributed by atoms with E-state index in [-0.39, 0.29) is 0 Å². The number of hydrogen-bond acceptors (Lipinski definition) is 2. The predicted molar refractivity (Wildman–Crippen MR) is 63.1 cm³/mol. The molecule has 2 nitrogen and oxygen atoms in total. The molecule has 0 fully saturated rings. The van der Waals surface area contributed by atoms with Gasteiger partial charge < -0.3 is 5.11 Å². The smallest absolute Gasteiger partial charge is 0.328 e. The van der Waals surface area contributed by atoms with E-state index in [0.717, 1.165) is 16.5 Å². The SMILES string of the molecule is CC(=CC(=O)O)c1ccc2sccc2c1. The van der Waals surface area contributed by atoms with Crippen LogP contribution in [0.4, 0.5) is 0 Å². The summed E-state index contributed by atoms with van der Waals surface area (Å²) in [5.74, 6) is -0.905. The molecule has 1 N–H and O–H groups in total. The molecule has 0 bridgehead atoms. The monoisotopic (exact) mass is 218 g/mol. The molecule has 0 saturated heterocycles. The van der Waals surface area contributed by atoms with Crippen molar-refractivity contribution in [1.29, 1.82) is 0 Å². The molecule has 0 aliphatic carbocycles. The summed E-state index contributed by atoms with van der Waals surface area (Å²) in [6, 6.07) is 8.03. The first-order valence-electron chi connectivity index (χ1n) is 4.55. The van der Waals surface area contributed by atoms with Crippen molar-refractivity contribution in [3.8, 4) is 0 Å². The fourth-order valence-electron chi connectivity index (χ4n) is 1.48. The Morgan fingerprint density at radius 1 is 1.40 bits per heavy atom. The lowest BCUT2D eigenvalue weighted by molar-refractivity contribution is -0.131. The summed E-state index contributed by atoms with van der Waals surface area (Å²) in [4.78, 5) is 10.5. The second kappa shape index (κ2) is 3.87. The van der Waals surface area contributed by atoms with Gasteiger partial charge in [-0.05, 0) is 47.0 Å². The maximum Gasteiger partial charge on any atom is 0.328 e. The van der Waals surface area contributed by atoms with Gasteiger partial charge in [0.05, 0.1) is 0 Å². The molecule has 0 unspecified atom stereocenters. The predicted octanol–water partition coefficient (Wildman–Crippen LogP) is 3.39. The van der Waals surface area contributed by atoms with Crippen molar-refractivity contribution < 1.29 is 9.90 Å². The maximum atomic E-state index is 10.5.